The van der Waals surface area contributed by atoms with Gasteiger partial charge in [-0.05, 0) is 44.9 Å². The number of pyridine rings is 1. The second kappa shape index (κ2) is 12.3. The van der Waals surface area contributed by atoms with Gasteiger partial charge in [0.25, 0.3) is 0 Å². The molecule has 0 fully saturated rings. The largest absolute Gasteiger partial charge is 0.396 e. The number of likely N-dealkylation sites (N-methyl/N-ethyl adjacent to an activating group) is 1. The van der Waals surface area contributed by atoms with Crippen molar-refractivity contribution in [1.29, 1.82) is 0 Å². The predicted octanol–water partition coefficient (Wildman–Crippen LogP) is 3.06. The lowest BCUT2D eigenvalue weighted by Gasteiger charge is -2.32. The van der Waals surface area contributed by atoms with Crippen LogP contribution in [0.3, 0.4) is 0 Å². The van der Waals surface area contributed by atoms with E-state index in [2.05, 4.69) is 40.5 Å². The molecule has 7 nitrogen and oxygen atoms in total. The van der Waals surface area contributed by atoms with Crippen LogP contribution in [0.4, 0.5) is 0 Å². The number of Topliss-reactive ketones (excluding diaryl/α,β-unsaturated/α-hetero) is 1. The van der Waals surface area contributed by atoms with Crippen molar-refractivity contribution in [3.63, 3.8) is 0 Å². The highest BCUT2D eigenvalue weighted by atomic mass is 35.5. The third-order valence-electron chi connectivity index (χ3n) is 5.54. The Kier molecular flexibility index (Phi) is 10.1. The molecule has 8 heteroatoms. The van der Waals surface area contributed by atoms with Gasteiger partial charge in [0.15, 0.2) is 5.78 Å². The summed E-state index contributed by atoms with van der Waals surface area (Å²) in [6.07, 6.45) is 3.58. The minimum Gasteiger partial charge on any atom is -0.396 e. The van der Waals surface area contributed by atoms with Crippen molar-refractivity contribution < 1.29 is 9.90 Å². The van der Waals surface area contributed by atoms with Crippen LogP contribution in [0, 0.1) is 5.92 Å². The first-order valence-electron chi connectivity index (χ1n) is 11.0. The molecule has 0 saturated heterocycles. The van der Waals surface area contributed by atoms with E-state index in [1.54, 1.807) is 13.1 Å². The van der Waals surface area contributed by atoms with E-state index in [9.17, 15) is 9.90 Å². The number of ketones is 1. The van der Waals surface area contributed by atoms with Gasteiger partial charge >= 0.3 is 0 Å². The summed E-state index contributed by atoms with van der Waals surface area (Å²) in [5.41, 5.74) is 3.06. The molecule has 0 spiro atoms. The molecule has 2 aromatic rings. The van der Waals surface area contributed by atoms with E-state index in [0.717, 1.165) is 35.7 Å². The van der Waals surface area contributed by atoms with Crippen LogP contribution in [0.15, 0.2) is 18.3 Å². The molecule has 2 rings (SSSR count). The Morgan fingerprint density at radius 2 is 2.06 bits per heavy atom. The number of hydrogen-bond donors (Lipinski definition) is 2. The Bertz CT molecular complexity index is 837. The van der Waals surface area contributed by atoms with Crippen molar-refractivity contribution in [3.05, 3.63) is 46.3 Å². The van der Waals surface area contributed by atoms with Gasteiger partial charge in [0.1, 0.15) is 12.0 Å². The van der Waals surface area contributed by atoms with Crippen molar-refractivity contribution in [2.24, 2.45) is 5.92 Å². The first-order valence-corrected chi connectivity index (χ1v) is 11.4. The van der Waals surface area contributed by atoms with E-state index in [0.29, 0.717) is 31.1 Å². The van der Waals surface area contributed by atoms with E-state index < -0.39 is 6.17 Å². The van der Waals surface area contributed by atoms with Crippen LogP contribution in [0.5, 0.6) is 0 Å². The molecular weight excluding hydrogens is 414 g/mol. The molecule has 0 radical (unpaired) electrons. The van der Waals surface area contributed by atoms with Crippen LogP contribution < -0.4 is 5.32 Å². The fourth-order valence-electron chi connectivity index (χ4n) is 3.98. The summed E-state index contributed by atoms with van der Waals surface area (Å²) in [7, 11) is 1.81. The molecule has 2 aromatic heterocycles. The molecule has 2 N–H and O–H groups in total. The second-order valence-corrected chi connectivity index (χ2v) is 8.47. The van der Waals surface area contributed by atoms with Gasteiger partial charge in [-0.25, -0.2) is 4.98 Å². The molecule has 0 aliphatic heterocycles. The second-order valence-electron chi connectivity index (χ2n) is 8.03. The maximum atomic E-state index is 12.4. The molecule has 0 aliphatic rings. The zero-order chi connectivity index (χ0) is 23.0. The number of carbonyl (C=O) groups is 1. The Hall–Kier alpha value is -1.80. The number of carbonyl (C=O) groups excluding carboxylic acids is 1. The van der Waals surface area contributed by atoms with Gasteiger partial charge < -0.3 is 9.67 Å². The molecule has 0 saturated carbocycles. The van der Waals surface area contributed by atoms with E-state index in [1.807, 2.05) is 19.2 Å². The number of aryl methyl sites for hydroxylation is 2. The zero-order valence-electron chi connectivity index (χ0n) is 19.4. The van der Waals surface area contributed by atoms with Crippen LogP contribution in [-0.4, -0.2) is 56.7 Å². The number of rotatable bonds is 13. The molecule has 0 aromatic carbocycles. The summed E-state index contributed by atoms with van der Waals surface area (Å²) in [6.45, 7) is 9.94. The third kappa shape index (κ3) is 6.84. The summed E-state index contributed by atoms with van der Waals surface area (Å²) >= 11 is 6.01. The lowest BCUT2D eigenvalue weighted by molar-refractivity contribution is -0.123. The normalized spacial score (nSPS) is 13.5. The molecule has 2 atom stereocenters. The monoisotopic (exact) mass is 449 g/mol. The number of nitrogens with zero attached hydrogens (tertiary/aromatic N) is 4. The van der Waals surface area contributed by atoms with Gasteiger partial charge in [-0.15, -0.1) is 0 Å². The topological polar surface area (TPSA) is 83.3 Å². The highest BCUT2D eigenvalue weighted by Gasteiger charge is 2.26. The van der Waals surface area contributed by atoms with Crippen LogP contribution >= 0.6 is 11.6 Å². The van der Waals surface area contributed by atoms with Crippen molar-refractivity contribution in [2.45, 2.75) is 66.2 Å². The quantitative estimate of drug-likeness (QED) is 0.457. The minimum absolute atomic E-state index is 0.0675. The van der Waals surface area contributed by atoms with E-state index in [-0.39, 0.29) is 18.3 Å². The summed E-state index contributed by atoms with van der Waals surface area (Å²) < 4.78 is 2.23. The van der Waals surface area contributed by atoms with Gasteiger partial charge in [0, 0.05) is 32.3 Å². The lowest BCUT2D eigenvalue weighted by atomic mass is 10.1. The first kappa shape index (κ1) is 25.5. The first-order chi connectivity index (χ1) is 14.8. The van der Waals surface area contributed by atoms with Crippen LogP contribution in [0.2, 0.25) is 5.02 Å². The highest BCUT2D eigenvalue weighted by molar-refractivity contribution is 6.30. The Balaban J connectivity index is 2.44. The molecule has 172 valence electrons. The van der Waals surface area contributed by atoms with Gasteiger partial charge in [-0.2, -0.15) is 0 Å². The maximum Gasteiger partial charge on any atom is 0.161 e. The average Bonchev–Trinajstić information content (AvgIpc) is 3.06. The molecule has 31 heavy (non-hydrogen) atoms. The summed E-state index contributed by atoms with van der Waals surface area (Å²) in [6, 6.07) is 3.78. The molecule has 2 unspecified atom stereocenters. The molecule has 0 aliphatic carbocycles. The predicted molar refractivity (Wildman–Crippen MR) is 124 cm³/mol. The van der Waals surface area contributed by atoms with Crippen molar-refractivity contribution in [2.75, 3.05) is 20.2 Å². The fourth-order valence-corrected chi connectivity index (χ4v) is 4.09. The van der Waals surface area contributed by atoms with E-state index in [1.165, 1.54) is 0 Å². The summed E-state index contributed by atoms with van der Waals surface area (Å²) in [5.74, 6) is 1.33. The number of hydrogen-bond acceptors (Lipinski definition) is 6. The number of nitrogens with one attached hydrogen (secondary N) is 1. The van der Waals surface area contributed by atoms with Crippen molar-refractivity contribution >= 4 is 17.4 Å². The van der Waals surface area contributed by atoms with Crippen LogP contribution in [0.1, 0.15) is 57.0 Å². The number of halogens is 1. The zero-order valence-corrected chi connectivity index (χ0v) is 20.1. The lowest BCUT2D eigenvalue weighted by Crippen LogP contribution is -2.50. The Morgan fingerprint density at radius 1 is 1.32 bits per heavy atom. The van der Waals surface area contributed by atoms with Gasteiger partial charge in [-0.3, -0.25) is 20.0 Å². The number of aromatic nitrogens is 3. The van der Waals surface area contributed by atoms with E-state index in [4.69, 9.17) is 16.6 Å². The maximum absolute atomic E-state index is 12.4. The number of imidazole rings is 1. The van der Waals surface area contributed by atoms with Crippen molar-refractivity contribution in [3.8, 4) is 0 Å². The van der Waals surface area contributed by atoms with Crippen LogP contribution in [-0.2, 0) is 30.7 Å². The minimum atomic E-state index is -0.395. The summed E-state index contributed by atoms with van der Waals surface area (Å²) in [5, 5.41) is 13.1. The van der Waals surface area contributed by atoms with Gasteiger partial charge in [-0.1, -0.05) is 32.4 Å². The average molecular weight is 450 g/mol. The van der Waals surface area contributed by atoms with Crippen LogP contribution in [0.25, 0.3) is 0 Å². The molecular formula is C23H36ClN5O2. The SMILES string of the molecule is CCc1nc(CC)n(Cc2ccc(Cl)cn2)c1CN(CC(C)CCO)C(NC)C(C)=O. The Morgan fingerprint density at radius 3 is 2.58 bits per heavy atom. The molecule has 0 bridgehead atoms. The van der Waals surface area contributed by atoms with E-state index >= 15 is 0 Å². The smallest absolute Gasteiger partial charge is 0.161 e. The number of aliphatic hydroxyl groups is 1. The Labute approximate surface area is 190 Å². The summed E-state index contributed by atoms with van der Waals surface area (Å²) in [4.78, 5) is 23.9. The van der Waals surface area contributed by atoms with Gasteiger partial charge in [0.2, 0.25) is 0 Å². The molecule has 0 amide bonds. The molecule has 2 heterocycles. The van der Waals surface area contributed by atoms with Crippen molar-refractivity contribution in [1.82, 2.24) is 24.8 Å². The van der Waals surface area contributed by atoms with Gasteiger partial charge in [0.05, 0.1) is 28.6 Å². The number of aliphatic hydroxyl groups excluding tert-OH is 1. The standard InChI is InChI=1S/C23H36ClN5O2/c1-6-20-21(15-28(13-16(3)10-11-30)23(25-5)17(4)31)29(22(7-2)27-20)14-19-9-8-18(24)12-26-19/h8-9,12,16,23,25,30H,6-7,10-11,13-15H2,1-5H3. The third-order valence-corrected chi connectivity index (χ3v) is 5.76. The fraction of sp³-hybridized carbons (Fsp3) is 0.609. The highest BCUT2D eigenvalue weighted by Crippen LogP contribution is 2.21.